The first-order valence-corrected chi connectivity index (χ1v) is 7.92. The molecule has 0 aliphatic heterocycles. The fourth-order valence-corrected chi connectivity index (χ4v) is 2.05. The van der Waals surface area contributed by atoms with Gasteiger partial charge in [-0.05, 0) is 62.4 Å². The lowest BCUT2D eigenvalue weighted by Crippen LogP contribution is -2.29. The SMILES string of the molecule is CCOc1ccc(NC(=O)C(C)OC(=O)c2ccc(OC)cc2)cc1. The third kappa shape index (κ3) is 5.24. The van der Waals surface area contributed by atoms with E-state index in [1.54, 1.807) is 55.6 Å². The van der Waals surface area contributed by atoms with E-state index in [-0.39, 0.29) is 0 Å². The molecule has 0 fully saturated rings. The summed E-state index contributed by atoms with van der Waals surface area (Å²) in [6, 6.07) is 13.4. The van der Waals surface area contributed by atoms with Gasteiger partial charge in [-0.25, -0.2) is 4.79 Å². The van der Waals surface area contributed by atoms with Crippen LogP contribution in [-0.4, -0.2) is 31.7 Å². The van der Waals surface area contributed by atoms with Crippen molar-refractivity contribution < 1.29 is 23.8 Å². The zero-order valence-corrected chi connectivity index (χ0v) is 14.4. The van der Waals surface area contributed by atoms with E-state index in [0.29, 0.717) is 23.6 Å². The highest BCUT2D eigenvalue weighted by molar-refractivity contribution is 5.97. The van der Waals surface area contributed by atoms with Crippen LogP contribution in [0, 0.1) is 0 Å². The Morgan fingerprint density at radius 1 is 1.00 bits per heavy atom. The van der Waals surface area contributed by atoms with E-state index in [0.717, 1.165) is 5.75 Å². The van der Waals surface area contributed by atoms with Gasteiger partial charge in [0.1, 0.15) is 11.5 Å². The Bertz CT molecular complexity index is 710. The van der Waals surface area contributed by atoms with Crippen molar-refractivity contribution in [2.75, 3.05) is 19.0 Å². The number of amides is 1. The second-order valence-electron chi connectivity index (χ2n) is 5.22. The summed E-state index contributed by atoms with van der Waals surface area (Å²) in [5.74, 6) is 0.375. The maximum atomic E-state index is 12.2. The van der Waals surface area contributed by atoms with Crippen LogP contribution in [-0.2, 0) is 9.53 Å². The maximum absolute atomic E-state index is 12.2. The Balaban J connectivity index is 1.91. The second-order valence-corrected chi connectivity index (χ2v) is 5.22. The number of nitrogens with one attached hydrogen (secondary N) is 1. The molecule has 0 radical (unpaired) electrons. The van der Waals surface area contributed by atoms with E-state index in [2.05, 4.69) is 5.32 Å². The number of anilines is 1. The van der Waals surface area contributed by atoms with Gasteiger partial charge in [-0.3, -0.25) is 4.79 Å². The number of hydrogen-bond acceptors (Lipinski definition) is 5. The standard InChI is InChI=1S/C19H21NO5/c1-4-24-17-11-7-15(8-12-17)20-18(21)13(2)25-19(22)14-5-9-16(23-3)10-6-14/h5-13H,4H2,1-3H3,(H,20,21). The predicted molar refractivity (Wildman–Crippen MR) is 94.1 cm³/mol. The second kappa shape index (κ2) is 8.73. The summed E-state index contributed by atoms with van der Waals surface area (Å²) in [5, 5.41) is 2.69. The third-order valence-corrected chi connectivity index (χ3v) is 3.41. The van der Waals surface area contributed by atoms with Crippen LogP contribution >= 0.6 is 0 Å². The van der Waals surface area contributed by atoms with Gasteiger partial charge in [0, 0.05) is 5.69 Å². The first kappa shape index (κ1) is 18.3. The maximum Gasteiger partial charge on any atom is 0.338 e. The molecule has 6 heteroatoms. The number of methoxy groups -OCH3 is 1. The fraction of sp³-hybridized carbons (Fsp3) is 0.263. The van der Waals surface area contributed by atoms with Crippen molar-refractivity contribution in [2.24, 2.45) is 0 Å². The molecule has 0 aliphatic rings. The van der Waals surface area contributed by atoms with E-state index >= 15 is 0 Å². The van der Waals surface area contributed by atoms with Gasteiger partial charge in [-0.2, -0.15) is 0 Å². The van der Waals surface area contributed by atoms with Crippen LogP contribution in [0.15, 0.2) is 48.5 Å². The Morgan fingerprint density at radius 2 is 1.60 bits per heavy atom. The monoisotopic (exact) mass is 343 g/mol. The molecule has 1 unspecified atom stereocenters. The smallest absolute Gasteiger partial charge is 0.338 e. The molecule has 2 aromatic rings. The number of benzene rings is 2. The summed E-state index contributed by atoms with van der Waals surface area (Å²) >= 11 is 0. The zero-order chi connectivity index (χ0) is 18.2. The highest BCUT2D eigenvalue weighted by atomic mass is 16.5. The number of carbonyl (C=O) groups is 2. The van der Waals surface area contributed by atoms with E-state index in [1.165, 1.54) is 6.92 Å². The molecule has 25 heavy (non-hydrogen) atoms. The van der Waals surface area contributed by atoms with Crippen LogP contribution < -0.4 is 14.8 Å². The van der Waals surface area contributed by atoms with Crippen molar-refractivity contribution >= 4 is 17.6 Å². The molecule has 2 aromatic carbocycles. The van der Waals surface area contributed by atoms with Crippen LogP contribution in [0.3, 0.4) is 0 Å². The zero-order valence-electron chi connectivity index (χ0n) is 14.4. The van der Waals surface area contributed by atoms with E-state index in [1.807, 2.05) is 6.92 Å². The molecule has 0 aliphatic carbocycles. The minimum Gasteiger partial charge on any atom is -0.497 e. The largest absolute Gasteiger partial charge is 0.497 e. The molecule has 6 nitrogen and oxygen atoms in total. The quantitative estimate of drug-likeness (QED) is 0.781. The van der Waals surface area contributed by atoms with Gasteiger partial charge in [0.15, 0.2) is 6.10 Å². The van der Waals surface area contributed by atoms with Gasteiger partial charge in [0.05, 0.1) is 19.3 Å². The predicted octanol–water partition coefficient (Wildman–Crippen LogP) is 3.28. The minimum absolute atomic E-state index is 0.349. The molecule has 0 saturated carbocycles. The summed E-state index contributed by atoms with van der Waals surface area (Å²) in [4.78, 5) is 24.2. The Hall–Kier alpha value is -3.02. The first-order chi connectivity index (χ1) is 12.0. The molecule has 0 bridgehead atoms. The summed E-state index contributed by atoms with van der Waals surface area (Å²) < 4.78 is 15.6. The number of ether oxygens (including phenoxy) is 3. The number of carbonyl (C=O) groups excluding carboxylic acids is 2. The molecule has 0 aromatic heterocycles. The van der Waals surface area contributed by atoms with Gasteiger partial charge in [-0.1, -0.05) is 0 Å². The molecular weight excluding hydrogens is 322 g/mol. The lowest BCUT2D eigenvalue weighted by atomic mass is 10.2. The Morgan fingerprint density at radius 3 is 2.16 bits per heavy atom. The van der Waals surface area contributed by atoms with Crippen molar-refractivity contribution in [3.8, 4) is 11.5 Å². The van der Waals surface area contributed by atoms with Crippen molar-refractivity contribution in [3.63, 3.8) is 0 Å². The molecule has 2 rings (SSSR count). The first-order valence-electron chi connectivity index (χ1n) is 7.92. The van der Waals surface area contributed by atoms with E-state index < -0.39 is 18.0 Å². The van der Waals surface area contributed by atoms with Gasteiger partial charge >= 0.3 is 5.97 Å². The molecule has 0 saturated heterocycles. The molecule has 0 spiro atoms. The van der Waals surface area contributed by atoms with Crippen molar-refractivity contribution in [3.05, 3.63) is 54.1 Å². The van der Waals surface area contributed by atoms with Crippen molar-refractivity contribution in [1.29, 1.82) is 0 Å². The number of rotatable bonds is 7. The lowest BCUT2D eigenvalue weighted by Gasteiger charge is -2.14. The van der Waals surface area contributed by atoms with Crippen LogP contribution in [0.1, 0.15) is 24.2 Å². The van der Waals surface area contributed by atoms with Crippen LogP contribution in [0.5, 0.6) is 11.5 Å². The lowest BCUT2D eigenvalue weighted by molar-refractivity contribution is -0.123. The summed E-state index contributed by atoms with van der Waals surface area (Å²) in [5.41, 5.74) is 0.947. The summed E-state index contributed by atoms with van der Waals surface area (Å²) in [6.07, 6.45) is -0.929. The van der Waals surface area contributed by atoms with Gasteiger partial charge < -0.3 is 19.5 Å². The highest BCUT2D eigenvalue weighted by Gasteiger charge is 2.19. The Kier molecular flexibility index (Phi) is 6.39. The van der Waals surface area contributed by atoms with Crippen LogP contribution in [0.4, 0.5) is 5.69 Å². The van der Waals surface area contributed by atoms with Crippen LogP contribution in [0.25, 0.3) is 0 Å². The minimum atomic E-state index is -0.929. The summed E-state index contributed by atoms with van der Waals surface area (Å²) in [7, 11) is 1.54. The third-order valence-electron chi connectivity index (χ3n) is 3.41. The van der Waals surface area contributed by atoms with Crippen LogP contribution in [0.2, 0.25) is 0 Å². The topological polar surface area (TPSA) is 73.9 Å². The number of esters is 1. The van der Waals surface area contributed by atoms with Gasteiger partial charge in [-0.15, -0.1) is 0 Å². The van der Waals surface area contributed by atoms with E-state index in [4.69, 9.17) is 14.2 Å². The average Bonchev–Trinajstić information content (AvgIpc) is 2.63. The number of hydrogen-bond donors (Lipinski definition) is 1. The average molecular weight is 343 g/mol. The molecule has 132 valence electrons. The summed E-state index contributed by atoms with van der Waals surface area (Å²) in [6.45, 7) is 3.99. The fourth-order valence-electron chi connectivity index (χ4n) is 2.05. The Labute approximate surface area is 146 Å². The molecule has 1 amide bonds. The van der Waals surface area contributed by atoms with Crippen molar-refractivity contribution in [2.45, 2.75) is 20.0 Å². The molecule has 1 N–H and O–H groups in total. The highest BCUT2D eigenvalue weighted by Crippen LogP contribution is 2.16. The molecule has 0 heterocycles. The molecular formula is C19H21NO5. The van der Waals surface area contributed by atoms with Gasteiger partial charge in [0.25, 0.3) is 5.91 Å². The normalized spacial score (nSPS) is 11.3. The van der Waals surface area contributed by atoms with Crippen molar-refractivity contribution in [1.82, 2.24) is 0 Å². The van der Waals surface area contributed by atoms with E-state index in [9.17, 15) is 9.59 Å². The molecule has 1 atom stereocenters. The van der Waals surface area contributed by atoms with Gasteiger partial charge in [0.2, 0.25) is 0 Å².